The average Bonchev–Trinajstić information content (AvgIpc) is 3.94. The van der Waals surface area contributed by atoms with E-state index < -0.39 is 0 Å². The number of furan rings is 1. The summed E-state index contributed by atoms with van der Waals surface area (Å²) in [6.45, 7) is 2.37. The van der Waals surface area contributed by atoms with Gasteiger partial charge in [0.15, 0.2) is 0 Å². The SMILES string of the molecule is CC1C(c2ccccc2)=NC(c2cc(-n3c4ccccc4c4cc5ccccc5cc43)cc3oc4ccccc4c23)=CCC1c1ccc2c3ccccc3n(-c3ccccc3)c2c1. The van der Waals surface area contributed by atoms with Crippen LogP contribution < -0.4 is 0 Å². The van der Waals surface area contributed by atoms with Crippen LogP contribution >= 0.6 is 0 Å². The van der Waals surface area contributed by atoms with Crippen LogP contribution in [0.5, 0.6) is 0 Å². The molecule has 298 valence electrons. The monoisotopic (exact) mass is 807 g/mol. The lowest BCUT2D eigenvalue weighted by molar-refractivity contribution is 0.586. The molecule has 0 fully saturated rings. The predicted molar refractivity (Wildman–Crippen MR) is 264 cm³/mol. The van der Waals surface area contributed by atoms with Crippen molar-refractivity contribution in [3.05, 3.63) is 223 Å². The largest absolute Gasteiger partial charge is 0.456 e. The Labute approximate surface area is 364 Å². The van der Waals surface area contributed by atoms with Crippen molar-refractivity contribution in [2.24, 2.45) is 10.9 Å². The summed E-state index contributed by atoms with van der Waals surface area (Å²) in [4.78, 5) is 5.78. The van der Waals surface area contributed by atoms with E-state index in [9.17, 15) is 0 Å². The maximum Gasteiger partial charge on any atom is 0.138 e. The Morgan fingerprint density at radius 3 is 1.86 bits per heavy atom. The molecule has 0 saturated heterocycles. The molecule has 1 aliphatic rings. The lowest BCUT2D eigenvalue weighted by Gasteiger charge is -2.24. The highest BCUT2D eigenvalue weighted by Crippen LogP contribution is 2.44. The third-order valence-electron chi connectivity index (χ3n) is 13.6. The third kappa shape index (κ3) is 5.58. The Kier molecular flexibility index (Phi) is 7.98. The number of hydrogen-bond acceptors (Lipinski definition) is 2. The standard InChI is InChI=1S/C59H41N3O/c1-37-44(41-28-29-47-45-22-10-13-25-52(45)61(54(47)34-41)42-20-6-3-7-21-42)30-31-51(60-59(37)38-16-4-2-5-17-38)50-35-43(36-57-58(50)48-24-12-15-27-56(48)63-57)62-53-26-14-11-23-46(53)49-32-39-18-8-9-19-40(39)33-55(49)62/h2-29,31-37,44H,30H2,1H3. The second-order valence-electron chi connectivity index (χ2n) is 17.1. The van der Waals surface area contributed by atoms with Crippen LogP contribution in [-0.4, -0.2) is 14.8 Å². The molecule has 0 amide bonds. The van der Waals surface area contributed by atoms with Gasteiger partial charge in [-0.2, -0.15) is 0 Å². The summed E-state index contributed by atoms with van der Waals surface area (Å²) in [6, 6.07) is 72.6. The maximum absolute atomic E-state index is 6.79. The molecule has 0 saturated carbocycles. The van der Waals surface area contributed by atoms with Gasteiger partial charge >= 0.3 is 0 Å². The Bertz CT molecular complexity index is 3840. The molecule has 2 unspecified atom stereocenters. The molecule has 0 spiro atoms. The zero-order valence-corrected chi connectivity index (χ0v) is 34.7. The number of benzene rings is 9. The third-order valence-corrected chi connectivity index (χ3v) is 13.6. The molecular weight excluding hydrogens is 767 g/mol. The summed E-state index contributed by atoms with van der Waals surface area (Å²) in [6.07, 6.45) is 3.21. The molecule has 0 N–H and O–H groups in total. The molecule has 4 heterocycles. The quantitative estimate of drug-likeness (QED) is 0.171. The van der Waals surface area contributed by atoms with Gasteiger partial charge in [-0.05, 0) is 88.8 Å². The summed E-state index contributed by atoms with van der Waals surface area (Å²) >= 11 is 0. The zero-order chi connectivity index (χ0) is 41.6. The van der Waals surface area contributed by atoms with Crippen molar-refractivity contribution in [2.75, 3.05) is 0 Å². The second-order valence-corrected chi connectivity index (χ2v) is 17.1. The van der Waals surface area contributed by atoms with Gasteiger partial charge < -0.3 is 13.6 Å². The molecule has 3 aromatic heterocycles. The topological polar surface area (TPSA) is 35.4 Å². The lowest BCUT2D eigenvalue weighted by atomic mass is 9.80. The highest BCUT2D eigenvalue weighted by Gasteiger charge is 2.29. The molecule has 4 heteroatoms. The molecule has 0 bridgehead atoms. The number of allylic oxidation sites excluding steroid dienone is 1. The first kappa shape index (κ1) is 35.8. The second kappa shape index (κ2) is 14.1. The van der Waals surface area contributed by atoms with Gasteiger partial charge in [-0.15, -0.1) is 0 Å². The van der Waals surface area contributed by atoms with Crippen LogP contribution in [0.25, 0.3) is 93.4 Å². The number of fused-ring (bicyclic) bond motifs is 10. The minimum atomic E-state index is 0.110. The van der Waals surface area contributed by atoms with Gasteiger partial charge in [-0.25, -0.2) is 0 Å². The number of aromatic nitrogens is 2. The van der Waals surface area contributed by atoms with E-state index in [1.165, 1.54) is 48.9 Å². The van der Waals surface area contributed by atoms with Crippen LogP contribution in [0.15, 0.2) is 216 Å². The van der Waals surface area contributed by atoms with Gasteiger partial charge in [-0.1, -0.05) is 153 Å². The van der Waals surface area contributed by atoms with Crippen LogP contribution in [0, 0.1) is 5.92 Å². The Hall–Kier alpha value is -7.95. The van der Waals surface area contributed by atoms with Crippen molar-refractivity contribution in [3.8, 4) is 11.4 Å². The van der Waals surface area contributed by atoms with Crippen molar-refractivity contribution < 1.29 is 4.42 Å². The Balaban J connectivity index is 1.05. The van der Waals surface area contributed by atoms with Gasteiger partial charge in [0.2, 0.25) is 0 Å². The van der Waals surface area contributed by atoms with E-state index in [2.05, 4.69) is 222 Å². The fourth-order valence-electron chi connectivity index (χ4n) is 10.6. The van der Waals surface area contributed by atoms with E-state index in [0.717, 1.165) is 73.3 Å². The minimum Gasteiger partial charge on any atom is -0.456 e. The molecular formula is C59H41N3O. The van der Waals surface area contributed by atoms with E-state index >= 15 is 0 Å². The first-order chi connectivity index (χ1) is 31.2. The highest BCUT2D eigenvalue weighted by molar-refractivity contribution is 6.16. The van der Waals surface area contributed by atoms with Crippen molar-refractivity contribution in [2.45, 2.75) is 19.3 Å². The van der Waals surface area contributed by atoms with E-state index in [0.29, 0.717) is 0 Å². The average molecular weight is 808 g/mol. The summed E-state index contributed by atoms with van der Waals surface area (Å²) in [5, 5.41) is 9.60. The van der Waals surface area contributed by atoms with Crippen molar-refractivity contribution in [1.82, 2.24) is 9.13 Å². The minimum absolute atomic E-state index is 0.110. The van der Waals surface area contributed by atoms with Crippen LogP contribution in [-0.2, 0) is 0 Å². The predicted octanol–water partition coefficient (Wildman–Crippen LogP) is 15.6. The number of rotatable bonds is 5. The summed E-state index contributed by atoms with van der Waals surface area (Å²) in [7, 11) is 0. The normalized spacial score (nSPS) is 15.8. The first-order valence-corrected chi connectivity index (χ1v) is 22.0. The summed E-state index contributed by atoms with van der Waals surface area (Å²) in [5.74, 6) is 0.275. The van der Waals surface area contributed by atoms with Gasteiger partial charge in [-0.3, -0.25) is 4.99 Å². The van der Waals surface area contributed by atoms with Gasteiger partial charge in [0.25, 0.3) is 0 Å². The van der Waals surface area contributed by atoms with Crippen LogP contribution in [0.3, 0.4) is 0 Å². The molecule has 9 aromatic carbocycles. The van der Waals surface area contributed by atoms with E-state index in [-0.39, 0.29) is 11.8 Å². The van der Waals surface area contributed by atoms with E-state index in [1.807, 2.05) is 0 Å². The van der Waals surface area contributed by atoms with Crippen LogP contribution in [0.2, 0.25) is 0 Å². The number of aliphatic imine (C=N–C) groups is 1. The fraction of sp³-hybridized carbons (Fsp3) is 0.0678. The van der Waals surface area contributed by atoms with Gasteiger partial charge in [0, 0.05) is 55.6 Å². The molecule has 13 rings (SSSR count). The fourth-order valence-corrected chi connectivity index (χ4v) is 10.6. The highest BCUT2D eigenvalue weighted by atomic mass is 16.3. The van der Waals surface area contributed by atoms with Crippen molar-refractivity contribution in [3.63, 3.8) is 0 Å². The van der Waals surface area contributed by atoms with E-state index in [4.69, 9.17) is 9.41 Å². The molecule has 2 atom stereocenters. The first-order valence-electron chi connectivity index (χ1n) is 22.0. The Morgan fingerprint density at radius 2 is 1.08 bits per heavy atom. The number of hydrogen-bond donors (Lipinski definition) is 0. The number of nitrogens with zero attached hydrogens (tertiary/aromatic N) is 3. The van der Waals surface area contributed by atoms with Crippen LogP contribution in [0.1, 0.15) is 36.0 Å². The molecule has 12 aromatic rings. The summed E-state index contributed by atoms with van der Waals surface area (Å²) in [5.41, 5.74) is 14.2. The zero-order valence-electron chi connectivity index (χ0n) is 34.7. The van der Waals surface area contributed by atoms with E-state index in [1.54, 1.807) is 0 Å². The van der Waals surface area contributed by atoms with Gasteiger partial charge in [0.1, 0.15) is 11.2 Å². The summed E-state index contributed by atoms with van der Waals surface area (Å²) < 4.78 is 11.6. The molecule has 0 aliphatic carbocycles. The van der Waals surface area contributed by atoms with Crippen molar-refractivity contribution in [1.29, 1.82) is 0 Å². The van der Waals surface area contributed by atoms with Crippen molar-refractivity contribution >= 4 is 87.7 Å². The molecule has 63 heavy (non-hydrogen) atoms. The molecule has 1 aliphatic heterocycles. The maximum atomic E-state index is 6.79. The Morgan fingerprint density at radius 1 is 0.476 bits per heavy atom. The van der Waals surface area contributed by atoms with Gasteiger partial charge in [0.05, 0.1) is 39.2 Å². The van der Waals surface area contributed by atoms with Crippen LogP contribution in [0.4, 0.5) is 0 Å². The number of para-hydroxylation sites is 4. The molecule has 4 nitrogen and oxygen atoms in total. The molecule has 0 radical (unpaired) electrons. The smallest absolute Gasteiger partial charge is 0.138 e. The lowest BCUT2D eigenvalue weighted by Crippen LogP contribution is -2.19.